The van der Waals surface area contributed by atoms with Crippen LogP contribution in [0.25, 0.3) is 0 Å². The van der Waals surface area contributed by atoms with Crippen molar-refractivity contribution in [2.24, 2.45) is 0 Å². The molecule has 0 saturated heterocycles. The number of benzene rings is 1. The van der Waals surface area contributed by atoms with Crippen molar-refractivity contribution in [3.8, 4) is 11.6 Å². The van der Waals surface area contributed by atoms with Gasteiger partial charge in [0, 0.05) is 24.1 Å². The molecule has 1 heterocycles. The number of aromatic nitrogens is 2. The van der Waals surface area contributed by atoms with Crippen molar-refractivity contribution in [1.29, 1.82) is 0 Å². The molecule has 0 unspecified atom stereocenters. The SMILES string of the molecule is Nc1cccc(Oc2nccnc2Cl)c1. The first-order valence-electron chi connectivity index (χ1n) is 4.25. The highest BCUT2D eigenvalue weighted by atomic mass is 35.5. The summed E-state index contributed by atoms with van der Waals surface area (Å²) in [4.78, 5) is 7.79. The second-order valence-corrected chi connectivity index (χ2v) is 3.18. The third-order valence-corrected chi connectivity index (χ3v) is 1.95. The molecule has 4 nitrogen and oxygen atoms in total. The Kier molecular flexibility index (Phi) is 2.69. The molecule has 1 aromatic heterocycles. The van der Waals surface area contributed by atoms with Crippen LogP contribution in [0.1, 0.15) is 0 Å². The molecule has 0 fully saturated rings. The first-order valence-corrected chi connectivity index (χ1v) is 4.63. The Bertz CT molecular complexity index is 476. The maximum Gasteiger partial charge on any atom is 0.257 e. The Morgan fingerprint density at radius 2 is 2.00 bits per heavy atom. The molecule has 76 valence electrons. The molecule has 0 radical (unpaired) electrons. The van der Waals surface area contributed by atoms with Crippen LogP contribution >= 0.6 is 11.6 Å². The Labute approximate surface area is 91.7 Å². The van der Waals surface area contributed by atoms with E-state index in [1.54, 1.807) is 24.3 Å². The van der Waals surface area contributed by atoms with Crippen LogP contribution in [-0.2, 0) is 0 Å². The second kappa shape index (κ2) is 4.14. The number of hydrogen-bond acceptors (Lipinski definition) is 4. The van der Waals surface area contributed by atoms with E-state index in [0.717, 1.165) is 0 Å². The van der Waals surface area contributed by atoms with Gasteiger partial charge in [-0.15, -0.1) is 0 Å². The number of anilines is 1. The van der Waals surface area contributed by atoms with Gasteiger partial charge in [0.25, 0.3) is 5.88 Å². The van der Waals surface area contributed by atoms with Crippen molar-refractivity contribution in [2.45, 2.75) is 0 Å². The fourth-order valence-electron chi connectivity index (χ4n) is 1.07. The molecule has 0 aliphatic rings. The number of halogens is 1. The zero-order valence-electron chi connectivity index (χ0n) is 7.72. The summed E-state index contributed by atoms with van der Waals surface area (Å²) in [6.45, 7) is 0. The van der Waals surface area contributed by atoms with Crippen molar-refractivity contribution < 1.29 is 4.74 Å². The zero-order valence-corrected chi connectivity index (χ0v) is 8.48. The lowest BCUT2D eigenvalue weighted by Gasteiger charge is -2.05. The smallest absolute Gasteiger partial charge is 0.257 e. The molecule has 0 aliphatic carbocycles. The molecule has 0 atom stereocenters. The van der Waals surface area contributed by atoms with Gasteiger partial charge in [0.15, 0.2) is 5.15 Å². The molecule has 5 heteroatoms. The van der Waals surface area contributed by atoms with E-state index in [-0.39, 0.29) is 11.0 Å². The fourth-order valence-corrected chi connectivity index (χ4v) is 1.21. The van der Waals surface area contributed by atoms with Crippen molar-refractivity contribution in [1.82, 2.24) is 9.97 Å². The van der Waals surface area contributed by atoms with E-state index in [0.29, 0.717) is 11.4 Å². The van der Waals surface area contributed by atoms with E-state index in [1.807, 2.05) is 0 Å². The van der Waals surface area contributed by atoms with Gasteiger partial charge in [0.05, 0.1) is 0 Å². The largest absolute Gasteiger partial charge is 0.436 e. The third-order valence-electron chi connectivity index (χ3n) is 1.70. The van der Waals surface area contributed by atoms with E-state index < -0.39 is 0 Å². The molecule has 0 amide bonds. The highest BCUT2D eigenvalue weighted by Crippen LogP contribution is 2.25. The summed E-state index contributed by atoms with van der Waals surface area (Å²) in [5.41, 5.74) is 6.22. The van der Waals surface area contributed by atoms with Gasteiger partial charge in [-0.25, -0.2) is 9.97 Å². The Morgan fingerprint density at radius 3 is 2.73 bits per heavy atom. The van der Waals surface area contributed by atoms with Crippen LogP contribution in [0.15, 0.2) is 36.7 Å². The van der Waals surface area contributed by atoms with Gasteiger partial charge in [-0.1, -0.05) is 17.7 Å². The molecule has 2 aromatic rings. The van der Waals surface area contributed by atoms with Gasteiger partial charge in [-0.05, 0) is 12.1 Å². The van der Waals surface area contributed by atoms with Crippen LogP contribution in [0.2, 0.25) is 5.15 Å². The summed E-state index contributed by atoms with van der Waals surface area (Å²) in [5, 5.41) is 0.222. The summed E-state index contributed by atoms with van der Waals surface area (Å²) in [6.07, 6.45) is 3.00. The summed E-state index contributed by atoms with van der Waals surface area (Å²) >= 11 is 5.78. The lowest BCUT2D eigenvalue weighted by molar-refractivity contribution is 0.461. The summed E-state index contributed by atoms with van der Waals surface area (Å²) in [5.74, 6) is 0.849. The minimum Gasteiger partial charge on any atom is -0.436 e. The predicted molar refractivity (Wildman–Crippen MR) is 58.0 cm³/mol. The lowest BCUT2D eigenvalue weighted by atomic mass is 10.3. The normalized spacial score (nSPS) is 9.93. The average Bonchev–Trinajstić information content (AvgIpc) is 2.22. The van der Waals surface area contributed by atoms with Gasteiger partial charge in [-0.2, -0.15) is 0 Å². The van der Waals surface area contributed by atoms with Crippen LogP contribution in [0.4, 0.5) is 5.69 Å². The molecule has 2 rings (SSSR count). The van der Waals surface area contributed by atoms with Crippen LogP contribution in [0, 0.1) is 0 Å². The number of ether oxygens (including phenoxy) is 1. The van der Waals surface area contributed by atoms with Crippen molar-refractivity contribution in [2.75, 3.05) is 5.73 Å². The van der Waals surface area contributed by atoms with E-state index in [2.05, 4.69) is 9.97 Å². The number of nitrogen functional groups attached to an aromatic ring is 1. The maximum absolute atomic E-state index is 5.78. The molecule has 0 saturated carbocycles. The van der Waals surface area contributed by atoms with Crippen LogP contribution in [0.3, 0.4) is 0 Å². The Hall–Kier alpha value is -1.81. The highest BCUT2D eigenvalue weighted by Gasteiger charge is 2.04. The number of nitrogens with zero attached hydrogens (tertiary/aromatic N) is 2. The Morgan fingerprint density at radius 1 is 1.20 bits per heavy atom. The predicted octanol–water partition coefficient (Wildman–Crippen LogP) is 2.50. The third kappa shape index (κ3) is 2.35. The van der Waals surface area contributed by atoms with Crippen molar-refractivity contribution in [3.05, 3.63) is 41.8 Å². The Balaban J connectivity index is 2.26. The zero-order chi connectivity index (χ0) is 10.7. The van der Waals surface area contributed by atoms with E-state index in [9.17, 15) is 0 Å². The van der Waals surface area contributed by atoms with Crippen LogP contribution < -0.4 is 10.5 Å². The topological polar surface area (TPSA) is 61.0 Å². The number of hydrogen-bond donors (Lipinski definition) is 1. The van der Waals surface area contributed by atoms with Gasteiger partial charge in [0.1, 0.15) is 5.75 Å². The maximum atomic E-state index is 5.78. The first-order chi connectivity index (χ1) is 7.25. The molecule has 1 aromatic carbocycles. The minimum absolute atomic E-state index is 0.222. The number of nitrogens with two attached hydrogens (primary N) is 1. The van der Waals surface area contributed by atoms with Gasteiger partial charge < -0.3 is 10.5 Å². The summed E-state index contributed by atoms with van der Waals surface area (Å²) in [7, 11) is 0. The standard InChI is InChI=1S/C10H8ClN3O/c11-9-10(14-5-4-13-9)15-8-3-1-2-7(12)6-8/h1-6H,12H2. The summed E-state index contributed by atoms with van der Waals surface area (Å²) in [6, 6.07) is 7.01. The average molecular weight is 222 g/mol. The van der Waals surface area contributed by atoms with E-state index in [4.69, 9.17) is 22.1 Å². The quantitative estimate of drug-likeness (QED) is 0.792. The summed E-state index contributed by atoms with van der Waals surface area (Å²) < 4.78 is 5.40. The van der Waals surface area contributed by atoms with Crippen molar-refractivity contribution >= 4 is 17.3 Å². The molecule has 0 aliphatic heterocycles. The number of rotatable bonds is 2. The highest BCUT2D eigenvalue weighted by molar-refractivity contribution is 6.30. The monoisotopic (exact) mass is 221 g/mol. The van der Waals surface area contributed by atoms with Gasteiger partial charge >= 0.3 is 0 Å². The molecular weight excluding hydrogens is 214 g/mol. The molecule has 0 spiro atoms. The van der Waals surface area contributed by atoms with Gasteiger partial charge in [-0.3, -0.25) is 0 Å². The van der Waals surface area contributed by atoms with Gasteiger partial charge in [0.2, 0.25) is 0 Å². The van der Waals surface area contributed by atoms with Crippen LogP contribution in [0.5, 0.6) is 11.6 Å². The molecular formula is C10H8ClN3O. The van der Waals surface area contributed by atoms with E-state index >= 15 is 0 Å². The second-order valence-electron chi connectivity index (χ2n) is 2.83. The van der Waals surface area contributed by atoms with Crippen molar-refractivity contribution in [3.63, 3.8) is 0 Å². The minimum atomic E-state index is 0.222. The van der Waals surface area contributed by atoms with Crippen LogP contribution in [-0.4, -0.2) is 9.97 Å². The molecule has 15 heavy (non-hydrogen) atoms. The van der Waals surface area contributed by atoms with E-state index in [1.165, 1.54) is 12.4 Å². The first kappa shape index (κ1) is 9.73. The molecule has 2 N–H and O–H groups in total. The molecule has 0 bridgehead atoms. The fraction of sp³-hybridized carbons (Fsp3) is 0. The lowest BCUT2D eigenvalue weighted by Crippen LogP contribution is -1.91.